The Hall–Kier alpha value is -2.90. The summed E-state index contributed by atoms with van der Waals surface area (Å²) in [6, 6.07) is 11.9. The van der Waals surface area contributed by atoms with Crippen LogP contribution in [0.15, 0.2) is 52.6 Å². The van der Waals surface area contributed by atoms with Gasteiger partial charge in [0.15, 0.2) is 17.2 Å². The molecule has 0 amide bonds. The lowest BCUT2D eigenvalue weighted by Gasteiger charge is -2.07. The first-order chi connectivity index (χ1) is 12.6. The largest absolute Gasteiger partial charge is 0.504 e. The third kappa shape index (κ3) is 2.81. The van der Waals surface area contributed by atoms with Crippen LogP contribution >= 0.6 is 22.9 Å². The first kappa shape index (κ1) is 16.6. The zero-order chi connectivity index (χ0) is 18.3. The van der Waals surface area contributed by atoms with Gasteiger partial charge in [-0.25, -0.2) is 4.52 Å². The van der Waals surface area contributed by atoms with Gasteiger partial charge in [-0.05, 0) is 30.3 Å². The van der Waals surface area contributed by atoms with Gasteiger partial charge >= 0.3 is 5.56 Å². The molecule has 0 atom stereocenters. The van der Waals surface area contributed by atoms with Crippen LogP contribution < -0.4 is 10.3 Å². The maximum atomic E-state index is 12.3. The predicted molar refractivity (Wildman–Crippen MR) is 101 cm³/mol. The molecule has 0 saturated heterocycles. The van der Waals surface area contributed by atoms with E-state index in [9.17, 15) is 9.90 Å². The number of phenols is 1. The summed E-state index contributed by atoms with van der Waals surface area (Å²) < 4.78 is 6.78. The summed E-state index contributed by atoms with van der Waals surface area (Å²) in [4.78, 5) is 17.0. The van der Waals surface area contributed by atoms with E-state index in [1.54, 1.807) is 47.0 Å². The van der Waals surface area contributed by atoms with Gasteiger partial charge in [0.2, 0.25) is 4.96 Å². The van der Waals surface area contributed by atoms with Crippen LogP contribution in [0, 0.1) is 0 Å². The van der Waals surface area contributed by atoms with E-state index in [0.29, 0.717) is 21.3 Å². The van der Waals surface area contributed by atoms with Crippen molar-refractivity contribution in [2.24, 2.45) is 0 Å². The maximum absolute atomic E-state index is 12.3. The molecule has 0 radical (unpaired) electrons. The van der Waals surface area contributed by atoms with Crippen molar-refractivity contribution < 1.29 is 9.84 Å². The average Bonchev–Trinajstić information content (AvgIpc) is 3.05. The van der Waals surface area contributed by atoms with Crippen molar-refractivity contribution in [2.75, 3.05) is 7.11 Å². The van der Waals surface area contributed by atoms with Gasteiger partial charge in [-0.15, -0.1) is 11.3 Å². The van der Waals surface area contributed by atoms with E-state index in [4.69, 9.17) is 16.3 Å². The lowest BCUT2D eigenvalue weighted by molar-refractivity contribution is 0.373. The third-order valence-electron chi connectivity index (χ3n) is 3.88. The minimum absolute atomic E-state index is 0.0515. The van der Waals surface area contributed by atoms with Crippen molar-refractivity contribution in [1.82, 2.24) is 14.6 Å². The van der Waals surface area contributed by atoms with Crippen LogP contribution in [0.3, 0.4) is 0 Å². The fourth-order valence-corrected chi connectivity index (χ4v) is 3.53. The molecular weight excluding hydrogens is 374 g/mol. The van der Waals surface area contributed by atoms with Crippen molar-refractivity contribution in [3.8, 4) is 34.0 Å². The first-order valence-electron chi connectivity index (χ1n) is 7.59. The van der Waals surface area contributed by atoms with Crippen LogP contribution in [0.2, 0.25) is 5.02 Å². The summed E-state index contributed by atoms with van der Waals surface area (Å²) in [6.45, 7) is 0. The molecule has 0 aliphatic rings. The summed E-state index contributed by atoms with van der Waals surface area (Å²) in [5.41, 5.74) is 2.01. The number of aromatic hydroxyl groups is 1. The van der Waals surface area contributed by atoms with Gasteiger partial charge in [0.1, 0.15) is 0 Å². The molecule has 0 unspecified atom stereocenters. The number of ether oxygens (including phenoxy) is 1. The van der Waals surface area contributed by atoms with Crippen molar-refractivity contribution in [1.29, 1.82) is 0 Å². The molecule has 130 valence electrons. The highest BCUT2D eigenvalue weighted by Crippen LogP contribution is 2.33. The van der Waals surface area contributed by atoms with Crippen molar-refractivity contribution in [3.05, 3.63) is 63.2 Å². The summed E-state index contributed by atoms with van der Waals surface area (Å²) in [5, 5.41) is 16.7. The Morgan fingerprint density at radius 2 is 1.88 bits per heavy atom. The van der Waals surface area contributed by atoms with Gasteiger partial charge in [0.05, 0.1) is 12.8 Å². The number of aromatic nitrogens is 3. The smallest absolute Gasteiger partial charge is 0.300 e. The number of rotatable bonds is 3. The average molecular weight is 386 g/mol. The van der Waals surface area contributed by atoms with Crippen LogP contribution in [0.5, 0.6) is 11.5 Å². The number of hydrogen-bond acceptors (Lipinski definition) is 6. The number of nitrogens with zero attached hydrogens (tertiary/aromatic N) is 3. The summed E-state index contributed by atoms with van der Waals surface area (Å²) in [5.74, 6) is 0.407. The Labute approximate surface area is 156 Å². The normalized spacial score (nSPS) is 11.0. The van der Waals surface area contributed by atoms with E-state index in [1.807, 2.05) is 5.38 Å². The molecule has 8 heteroatoms. The molecule has 2 aromatic carbocycles. The Kier molecular flexibility index (Phi) is 4.10. The molecule has 2 heterocycles. The first-order valence-corrected chi connectivity index (χ1v) is 8.84. The number of hydrogen-bond donors (Lipinski definition) is 1. The van der Waals surface area contributed by atoms with Crippen molar-refractivity contribution >= 4 is 27.9 Å². The predicted octanol–water partition coefficient (Wildman–Crippen LogP) is 3.85. The monoisotopic (exact) mass is 385 g/mol. The van der Waals surface area contributed by atoms with E-state index in [2.05, 4.69) is 10.1 Å². The van der Waals surface area contributed by atoms with Crippen LogP contribution in [0.1, 0.15) is 0 Å². The standard InChI is InChI=1S/C18H12ClN3O3S/c1-25-15-8-11(4-7-14(15)23)13-9-26-18-20-17(24)16(21-22(13)18)10-2-5-12(19)6-3-10/h2-9,23H,1H3. The lowest BCUT2D eigenvalue weighted by Crippen LogP contribution is -2.14. The van der Waals surface area contributed by atoms with Crippen molar-refractivity contribution in [3.63, 3.8) is 0 Å². The van der Waals surface area contributed by atoms with Gasteiger partial charge in [-0.1, -0.05) is 23.7 Å². The minimum atomic E-state index is -0.399. The molecule has 4 rings (SSSR count). The zero-order valence-corrected chi connectivity index (χ0v) is 15.1. The molecule has 0 bridgehead atoms. The summed E-state index contributed by atoms with van der Waals surface area (Å²) >= 11 is 7.22. The van der Waals surface area contributed by atoms with Crippen LogP contribution in [0.25, 0.3) is 27.5 Å². The highest BCUT2D eigenvalue weighted by molar-refractivity contribution is 7.15. The second kappa shape index (κ2) is 6.44. The SMILES string of the molecule is COc1cc(-c2csc3nc(=O)c(-c4ccc(Cl)cc4)nn23)ccc1O. The highest BCUT2D eigenvalue weighted by Gasteiger charge is 2.14. The Bertz CT molecular complexity index is 1170. The fourth-order valence-electron chi connectivity index (χ4n) is 2.58. The molecule has 0 fully saturated rings. The summed E-state index contributed by atoms with van der Waals surface area (Å²) in [6.07, 6.45) is 0. The number of fused-ring (bicyclic) bond motifs is 1. The van der Waals surface area contributed by atoms with E-state index >= 15 is 0 Å². The Morgan fingerprint density at radius 1 is 1.15 bits per heavy atom. The lowest BCUT2D eigenvalue weighted by atomic mass is 10.1. The van der Waals surface area contributed by atoms with Gasteiger partial charge in [-0.2, -0.15) is 10.1 Å². The highest BCUT2D eigenvalue weighted by atomic mass is 35.5. The molecule has 0 saturated carbocycles. The van der Waals surface area contributed by atoms with Gasteiger partial charge < -0.3 is 9.84 Å². The molecule has 2 aromatic heterocycles. The number of benzene rings is 2. The maximum Gasteiger partial charge on any atom is 0.300 e. The zero-order valence-electron chi connectivity index (χ0n) is 13.5. The second-order valence-electron chi connectivity index (χ2n) is 5.47. The Morgan fingerprint density at radius 3 is 2.62 bits per heavy atom. The second-order valence-corrected chi connectivity index (χ2v) is 6.75. The van der Waals surface area contributed by atoms with E-state index in [0.717, 1.165) is 11.3 Å². The third-order valence-corrected chi connectivity index (χ3v) is 4.95. The Balaban J connectivity index is 1.91. The van der Waals surface area contributed by atoms with E-state index < -0.39 is 5.56 Å². The molecule has 26 heavy (non-hydrogen) atoms. The summed E-state index contributed by atoms with van der Waals surface area (Å²) in [7, 11) is 1.49. The molecule has 4 aromatic rings. The van der Waals surface area contributed by atoms with Crippen molar-refractivity contribution in [2.45, 2.75) is 0 Å². The topological polar surface area (TPSA) is 76.7 Å². The van der Waals surface area contributed by atoms with Gasteiger partial charge in [0.25, 0.3) is 0 Å². The van der Waals surface area contributed by atoms with Crippen LogP contribution in [-0.2, 0) is 0 Å². The molecule has 0 aliphatic carbocycles. The molecule has 0 aliphatic heterocycles. The number of methoxy groups -OCH3 is 1. The van der Waals surface area contributed by atoms with Gasteiger partial charge in [0, 0.05) is 21.5 Å². The van der Waals surface area contributed by atoms with Crippen LogP contribution in [-0.4, -0.2) is 26.8 Å². The minimum Gasteiger partial charge on any atom is -0.504 e. The number of phenolic OH excluding ortho intramolecular Hbond substituents is 1. The van der Waals surface area contributed by atoms with Crippen LogP contribution in [0.4, 0.5) is 0 Å². The fraction of sp³-hybridized carbons (Fsp3) is 0.0556. The molecule has 6 nitrogen and oxygen atoms in total. The molecule has 0 spiro atoms. The molecular formula is C18H12ClN3O3S. The molecule has 1 N–H and O–H groups in total. The van der Waals surface area contributed by atoms with Gasteiger partial charge in [-0.3, -0.25) is 4.79 Å². The van der Waals surface area contributed by atoms with E-state index in [1.165, 1.54) is 18.4 Å². The number of halogens is 1. The van der Waals surface area contributed by atoms with E-state index in [-0.39, 0.29) is 11.4 Å². The quantitative estimate of drug-likeness (QED) is 0.579. The number of thiazole rings is 1.